The lowest BCUT2D eigenvalue weighted by Gasteiger charge is -2.08. The van der Waals surface area contributed by atoms with E-state index in [4.69, 9.17) is 0 Å². The molecule has 0 bridgehead atoms. The van der Waals surface area contributed by atoms with Crippen molar-refractivity contribution in [3.63, 3.8) is 0 Å². The molecule has 3 aromatic rings. The zero-order chi connectivity index (χ0) is 17.6. The first kappa shape index (κ1) is 17.2. The quantitative estimate of drug-likeness (QED) is 0.637. The summed E-state index contributed by atoms with van der Waals surface area (Å²) in [6.07, 6.45) is 1.67. The molecule has 126 valence electrons. The van der Waals surface area contributed by atoms with Crippen LogP contribution in [-0.2, 0) is 6.54 Å². The van der Waals surface area contributed by atoms with Crippen molar-refractivity contribution in [2.75, 3.05) is 10.6 Å². The fourth-order valence-electron chi connectivity index (χ4n) is 2.30. The smallest absolute Gasteiger partial charge is 0.274 e. The van der Waals surface area contributed by atoms with Crippen molar-refractivity contribution in [1.82, 2.24) is 4.98 Å². The van der Waals surface area contributed by atoms with Crippen molar-refractivity contribution in [2.24, 2.45) is 0 Å². The molecule has 1 heterocycles. The Morgan fingerprint density at radius 3 is 2.52 bits per heavy atom. The first-order chi connectivity index (χ1) is 12.1. The second-order valence-corrected chi connectivity index (χ2v) is 6.65. The molecule has 25 heavy (non-hydrogen) atoms. The van der Waals surface area contributed by atoms with E-state index >= 15 is 0 Å². The maximum atomic E-state index is 12.2. The fraction of sp³-hybridized carbons (Fsp3) is 0.100. The Morgan fingerprint density at radius 2 is 1.84 bits per heavy atom. The maximum absolute atomic E-state index is 12.2. The van der Waals surface area contributed by atoms with Crippen LogP contribution < -0.4 is 10.6 Å². The molecule has 5 heteroatoms. The number of hydrogen-bond acceptors (Lipinski definition) is 3. The molecule has 0 aliphatic rings. The summed E-state index contributed by atoms with van der Waals surface area (Å²) >= 11 is 3.38. The van der Waals surface area contributed by atoms with E-state index in [2.05, 4.69) is 62.7 Å². The van der Waals surface area contributed by atoms with E-state index in [1.165, 1.54) is 11.1 Å². The number of aryl methyl sites for hydroxylation is 1. The van der Waals surface area contributed by atoms with Gasteiger partial charge in [-0.2, -0.15) is 0 Å². The highest BCUT2D eigenvalue weighted by Gasteiger charge is 2.08. The Morgan fingerprint density at radius 1 is 1.04 bits per heavy atom. The van der Waals surface area contributed by atoms with Gasteiger partial charge in [-0.05, 0) is 42.8 Å². The minimum atomic E-state index is -0.233. The number of rotatable bonds is 5. The van der Waals surface area contributed by atoms with Crippen molar-refractivity contribution < 1.29 is 4.79 Å². The third kappa shape index (κ3) is 4.90. The molecular weight excluding hydrogens is 378 g/mol. The van der Waals surface area contributed by atoms with Crippen molar-refractivity contribution in [1.29, 1.82) is 0 Å². The fourth-order valence-corrected chi connectivity index (χ4v) is 2.70. The monoisotopic (exact) mass is 395 g/mol. The molecule has 3 rings (SSSR count). The third-order valence-electron chi connectivity index (χ3n) is 3.70. The average molecular weight is 396 g/mol. The van der Waals surface area contributed by atoms with Crippen LogP contribution in [-0.4, -0.2) is 10.9 Å². The van der Waals surface area contributed by atoms with Crippen LogP contribution in [0.15, 0.2) is 71.3 Å². The standard InChI is InChI=1S/C20H18BrN3O/c1-14-5-7-15(8-6-14)12-22-18-9-10-19(23-13-18)20(25)24-17-4-2-3-16(21)11-17/h2-11,13,22H,12H2,1H3,(H,24,25). The largest absolute Gasteiger partial charge is 0.380 e. The number of nitrogens with zero attached hydrogens (tertiary/aromatic N) is 1. The summed E-state index contributed by atoms with van der Waals surface area (Å²) in [6.45, 7) is 2.78. The number of hydrogen-bond donors (Lipinski definition) is 2. The first-order valence-electron chi connectivity index (χ1n) is 7.92. The summed E-state index contributed by atoms with van der Waals surface area (Å²) in [6, 6.07) is 19.4. The van der Waals surface area contributed by atoms with Crippen LogP contribution in [0, 0.1) is 6.92 Å². The lowest BCUT2D eigenvalue weighted by Crippen LogP contribution is -2.13. The number of nitrogens with one attached hydrogen (secondary N) is 2. The van der Waals surface area contributed by atoms with Crippen LogP contribution in [0.3, 0.4) is 0 Å². The Labute approximate surface area is 155 Å². The SMILES string of the molecule is Cc1ccc(CNc2ccc(C(=O)Nc3cccc(Br)c3)nc2)cc1. The van der Waals surface area contributed by atoms with Crippen molar-refractivity contribution >= 4 is 33.2 Å². The number of aromatic nitrogens is 1. The molecule has 0 saturated carbocycles. The average Bonchev–Trinajstić information content (AvgIpc) is 2.62. The molecule has 0 saturated heterocycles. The second kappa shape index (κ2) is 7.94. The van der Waals surface area contributed by atoms with Gasteiger partial charge in [-0.1, -0.05) is 51.8 Å². The highest BCUT2D eigenvalue weighted by Crippen LogP contribution is 2.16. The van der Waals surface area contributed by atoms with Crippen LogP contribution in [0.5, 0.6) is 0 Å². The molecule has 0 fully saturated rings. The summed E-state index contributed by atoms with van der Waals surface area (Å²) in [4.78, 5) is 16.5. The number of benzene rings is 2. The lowest BCUT2D eigenvalue weighted by atomic mass is 10.1. The van der Waals surface area contributed by atoms with Gasteiger partial charge in [0, 0.05) is 16.7 Å². The Balaban J connectivity index is 1.59. The number of anilines is 2. The molecule has 1 amide bonds. The molecule has 1 aromatic heterocycles. The molecular formula is C20H18BrN3O. The van der Waals surface area contributed by atoms with Crippen LogP contribution >= 0.6 is 15.9 Å². The topological polar surface area (TPSA) is 54.0 Å². The van der Waals surface area contributed by atoms with E-state index in [1.807, 2.05) is 30.3 Å². The summed E-state index contributed by atoms with van der Waals surface area (Å²) in [5.74, 6) is -0.233. The molecule has 0 spiro atoms. The third-order valence-corrected chi connectivity index (χ3v) is 4.19. The van der Waals surface area contributed by atoms with Crippen LogP contribution in [0.4, 0.5) is 11.4 Å². The number of amides is 1. The second-order valence-electron chi connectivity index (χ2n) is 5.74. The molecule has 0 atom stereocenters. The molecule has 0 radical (unpaired) electrons. The van der Waals surface area contributed by atoms with Crippen LogP contribution in [0.25, 0.3) is 0 Å². The zero-order valence-corrected chi connectivity index (χ0v) is 15.4. The van der Waals surface area contributed by atoms with E-state index < -0.39 is 0 Å². The number of pyridine rings is 1. The normalized spacial score (nSPS) is 10.3. The summed E-state index contributed by atoms with van der Waals surface area (Å²) in [5.41, 5.74) is 4.41. The van der Waals surface area contributed by atoms with Crippen LogP contribution in [0.2, 0.25) is 0 Å². The maximum Gasteiger partial charge on any atom is 0.274 e. The van der Waals surface area contributed by atoms with Gasteiger partial charge >= 0.3 is 0 Å². The number of carbonyl (C=O) groups excluding carboxylic acids is 1. The van der Waals surface area contributed by atoms with E-state index in [0.717, 1.165) is 15.8 Å². The number of carbonyl (C=O) groups is 1. The van der Waals surface area contributed by atoms with E-state index in [9.17, 15) is 4.79 Å². The molecule has 0 aliphatic heterocycles. The number of halogens is 1. The van der Waals surface area contributed by atoms with Crippen molar-refractivity contribution in [3.8, 4) is 0 Å². The highest BCUT2D eigenvalue weighted by atomic mass is 79.9. The zero-order valence-electron chi connectivity index (χ0n) is 13.8. The van der Waals surface area contributed by atoms with Crippen molar-refractivity contribution in [3.05, 3.63) is 88.2 Å². The minimum absolute atomic E-state index is 0.233. The van der Waals surface area contributed by atoms with Gasteiger partial charge in [0.2, 0.25) is 0 Å². The van der Waals surface area contributed by atoms with E-state index in [1.54, 1.807) is 12.3 Å². The highest BCUT2D eigenvalue weighted by molar-refractivity contribution is 9.10. The minimum Gasteiger partial charge on any atom is -0.380 e. The van der Waals surface area contributed by atoms with E-state index in [0.29, 0.717) is 12.2 Å². The molecule has 0 aliphatic carbocycles. The van der Waals surface area contributed by atoms with E-state index in [-0.39, 0.29) is 5.91 Å². The summed E-state index contributed by atoms with van der Waals surface area (Å²) < 4.78 is 0.911. The van der Waals surface area contributed by atoms with Gasteiger partial charge in [-0.25, -0.2) is 4.98 Å². The van der Waals surface area contributed by atoms with Crippen LogP contribution in [0.1, 0.15) is 21.6 Å². The predicted octanol–water partition coefficient (Wildman–Crippen LogP) is 5.02. The molecule has 2 aromatic carbocycles. The van der Waals surface area contributed by atoms with Gasteiger partial charge in [0.15, 0.2) is 0 Å². The Hall–Kier alpha value is -2.66. The first-order valence-corrected chi connectivity index (χ1v) is 8.72. The molecule has 0 unspecified atom stereocenters. The molecule has 4 nitrogen and oxygen atoms in total. The van der Waals surface area contributed by atoms with Crippen molar-refractivity contribution in [2.45, 2.75) is 13.5 Å². The van der Waals surface area contributed by atoms with Gasteiger partial charge in [-0.15, -0.1) is 0 Å². The summed E-state index contributed by atoms with van der Waals surface area (Å²) in [7, 11) is 0. The van der Waals surface area contributed by atoms with Gasteiger partial charge in [0.05, 0.1) is 11.9 Å². The van der Waals surface area contributed by atoms with Gasteiger partial charge in [-0.3, -0.25) is 4.79 Å². The predicted molar refractivity (Wildman–Crippen MR) is 105 cm³/mol. The Kier molecular flexibility index (Phi) is 5.46. The van der Waals surface area contributed by atoms with Gasteiger partial charge in [0.1, 0.15) is 5.69 Å². The summed E-state index contributed by atoms with van der Waals surface area (Å²) in [5, 5.41) is 6.13. The van der Waals surface area contributed by atoms with Gasteiger partial charge < -0.3 is 10.6 Å². The molecule has 2 N–H and O–H groups in total. The van der Waals surface area contributed by atoms with Gasteiger partial charge in [0.25, 0.3) is 5.91 Å². The Bertz CT molecular complexity index is 861. The lowest BCUT2D eigenvalue weighted by molar-refractivity contribution is 0.102.